The van der Waals surface area contributed by atoms with Crippen LogP contribution in [0.3, 0.4) is 0 Å². The summed E-state index contributed by atoms with van der Waals surface area (Å²) in [4.78, 5) is 29.2. The van der Waals surface area contributed by atoms with Crippen molar-refractivity contribution in [3.05, 3.63) is 12.4 Å². The number of likely N-dealkylation sites (N-methyl/N-ethyl adjacent to an activating group) is 1. The highest BCUT2D eigenvalue weighted by Crippen LogP contribution is 2.19. The smallest absolute Gasteiger partial charge is 0.236 e. The number of ether oxygens (including phenoxy) is 1. The molecule has 3 rings (SSSR count). The van der Waals surface area contributed by atoms with Gasteiger partial charge in [0.1, 0.15) is 18.0 Å². The fourth-order valence-electron chi connectivity index (χ4n) is 3.03. The summed E-state index contributed by atoms with van der Waals surface area (Å²) in [7, 11) is 3.84. The van der Waals surface area contributed by atoms with Crippen LogP contribution in [0.4, 0.5) is 11.6 Å². The van der Waals surface area contributed by atoms with Gasteiger partial charge in [0.15, 0.2) is 0 Å². The summed E-state index contributed by atoms with van der Waals surface area (Å²) in [6.07, 6.45) is 1.63. The van der Waals surface area contributed by atoms with Crippen LogP contribution >= 0.6 is 0 Å². The molecule has 1 aromatic heterocycles. The molecule has 0 saturated carbocycles. The van der Waals surface area contributed by atoms with E-state index in [4.69, 9.17) is 4.74 Å². The van der Waals surface area contributed by atoms with Crippen LogP contribution in [-0.4, -0.2) is 98.8 Å². The molecular formula is C16H26N6O2. The molecule has 2 aliphatic rings. The summed E-state index contributed by atoms with van der Waals surface area (Å²) in [6.45, 7) is 6.77. The molecule has 0 radical (unpaired) electrons. The first-order chi connectivity index (χ1) is 11.6. The van der Waals surface area contributed by atoms with E-state index < -0.39 is 0 Å². The predicted octanol–water partition coefficient (Wildman–Crippen LogP) is -0.477. The van der Waals surface area contributed by atoms with E-state index in [2.05, 4.69) is 19.8 Å². The minimum absolute atomic E-state index is 0.191. The minimum atomic E-state index is 0.191. The highest BCUT2D eigenvalue weighted by atomic mass is 16.5. The number of nitrogens with zero attached hydrogens (tertiary/aromatic N) is 6. The van der Waals surface area contributed by atoms with E-state index in [-0.39, 0.29) is 5.91 Å². The number of amides is 1. The molecule has 1 amide bonds. The van der Waals surface area contributed by atoms with Crippen LogP contribution < -0.4 is 9.80 Å². The highest BCUT2D eigenvalue weighted by molar-refractivity contribution is 5.78. The summed E-state index contributed by atoms with van der Waals surface area (Å²) in [5.74, 6) is 2.08. The number of hydrogen-bond donors (Lipinski definition) is 0. The standard InChI is InChI=1S/C16H26N6O2/c1-19(2)12-16(23)22-5-3-20(4-6-22)14-11-15(18-13-17-14)21-7-9-24-10-8-21/h11,13H,3-10,12H2,1-2H3. The largest absolute Gasteiger partial charge is 0.378 e. The van der Waals surface area contributed by atoms with Crippen LogP contribution in [-0.2, 0) is 9.53 Å². The van der Waals surface area contributed by atoms with Crippen LogP contribution in [0.25, 0.3) is 0 Å². The molecule has 2 aliphatic heterocycles. The summed E-state index contributed by atoms with van der Waals surface area (Å²) in [5.41, 5.74) is 0. The van der Waals surface area contributed by atoms with Gasteiger partial charge in [-0.3, -0.25) is 4.79 Å². The normalized spacial score (nSPS) is 19.0. The summed E-state index contributed by atoms with van der Waals surface area (Å²) < 4.78 is 5.39. The molecule has 0 bridgehead atoms. The van der Waals surface area contributed by atoms with Crippen LogP contribution in [0.1, 0.15) is 0 Å². The number of morpholine rings is 1. The third kappa shape index (κ3) is 4.12. The molecule has 2 fully saturated rings. The third-order valence-corrected chi connectivity index (χ3v) is 4.38. The third-order valence-electron chi connectivity index (χ3n) is 4.38. The van der Waals surface area contributed by atoms with Gasteiger partial charge in [-0.25, -0.2) is 9.97 Å². The Balaban J connectivity index is 1.59. The number of anilines is 2. The molecule has 0 N–H and O–H groups in total. The zero-order valence-electron chi connectivity index (χ0n) is 14.5. The maximum absolute atomic E-state index is 12.1. The lowest BCUT2D eigenvalue weighted by Gasteiger charge is -2.36. The van der Waals surface area contributed by atoms with E-state index in [0.29, 0.717) is 6.54 Å². The topological polar surface area (TPSA) is 65.0 Å². The van der Waals surface area contributed by atoms with E-state index in [0.717, 1.165) is 64.1 Å². The molecule has 0 spiro atoms. The second-order valence-corrected chi connectivity index (χ2v) is 6.44. The van der Waals surface area contributed by atoms with Crippen molar-refractivity contribution in [2.24, 2.45) is 0 Å². The lowest BCUT2D eigenvalue weighted by atomic mass is 10.3. The van der Waals surface area contributed by atoms with Crippen molar-refractivity contribution in [3.63, 3.8) is 0 Å². The van der Waals surface area contributed by atoms with Crippen LogP contribution in [0.15, 0.2) is 12.4 Å². The molecule has 132 valence electrons. The van der Waals surface area contributed by atoms with Crippen LogP contribution in [0.2, 0.25) is 0 Å². The second-order valence-electron chi connectivity index (χ2n) is 6.44. The van der Waals surface area contributed by atoms with Gasteiger partial charge in [0.05, 0.1) is 19.8 Å². The molecule has 0 unspecified atom stereocenters. The van der Waals surface area contributed by atoms with Crippen molar-refractivity contribution in [1.82, 2.24) is 19.8 Å². The van der Waals surface area contributed by atoms with Gasteiger partial charge in [0.2, 0.25) is 5.91 Å². The number of aromatic nitrogens is 2. The molecule has 24 heavy (non-hydrogen) atoms. The number of carbonyl (C=O) groups is 1. The molecule has 2 saturated heterocycles. The summed E-state index contributed by atoms with van der Waals surface area (Å²) >= 11 is 0. The molecule has 3 heterocycles. The Hall–Kier alpha value is -1.93. The van der Waals surface area contributed by atoms with Gasteiger partial charge in [0, 0.05) is 45.3 Å². The van der Waals surface area contributed by atoms with Gasteiger partial charge in [-0.2, -0.15) is 0 Å². The Kier molecular flexibility index (Phi) is 5.47. The van der Waals surface area contributed by atoms with Gasteiger partial charge in [-0.05, 0) is 14.1 Å². The van der Waals surface area contributed by atoms with Crippen molar-refractivity contribution in [2.45, 2.75) is 0 Å². The molecule has 0 aromatic carbocycles. The average molecular weight is 334 g/mol. The van der Waals surface area contributed by atoms with Gasteiger partial charge >= 0.3 is 0 Å². The van der Waals surface area contributed by atoms with E-state index in [1.165, 1.54) is 0 Å². The Morgan fingerprint density at radius 1 is 1.04 bits per heavy atom. The summed E-state index contributed by atoms with van der Waals surface area (Å²) in [6, 6.07) is 2.04. The number of carbonyl (C=O) groups excluding carboxylic acids is 1. The van der Waals surface area contributed by atoms with Crippen LogP contribution in [0.5, 0.6) is 0 Å². The van der Waals surface area contributed by atoms with Crippen molar-refractivity contribution in [2.75, 3.05) is 82.9 Å². The lowest BCUT2D eigenvalue weighted by Crippen LogP contribution is -2.51. The van der Waals surface area contributed by atoms with Gasteiger partial charge in [0.25, 0.3) is 0 Å². The quantitative estimate of drug-likeness (QED) is 0.737. The molecular weight excluding hydrogens is 308 g/mol. The van der Waals surface area contributed by atoms with E-state index >= 15 is 0 Å². The highest BCUT2D eigenvalue weighted by Gasteiger charge is 2.23. The van der Waals surface area contributed by atoms with Crippen LogP contribution in [0, 0.1) is 0 Å². The van der Waals surface area contributed by atoms with Crippen molar-refractivity contribution < 1.29 is 9.53 Å². The summed E-state index contributed by atoms with van der Waals surface area (Å²) in [5, 5.41) is 0. The van der Waals surface area contributed by atoms with Gasteiger partial charge < -0.3 is 24.3 Å². The Morgan fingerprint density at radius 3 is 2.21 bits per heavy atom. The predicted molar refractivity (Wildman–Crippen MR) is 92.4 cm³/mol. The fourth-order valence-corrected chi connectivity index (χ4v) is 3.03. The second kappa shape index (κ2) is 7.76. The Labute approximate surface area is 143 Å². The van der Waals surface area contributed by atoms with E-state index in [9.17, 15) is 4.79 Å². The zero-order chi connectivity index (χ0) is 16.9. The molecule has 0 aliphatic carbocycles. The lowest BCUT2D eigenvalue weighted by molar-refractivity contribution is -0.132. The fraction of sp³-hybridized carbons (Fsp3) is 0.688. The monoisotopic (exact) mass is 334 g/mol. The molecule has 0 atom stereocenters. The van der Waals surface area contributed by atoms with Gasteiger partial charge in [-0.15, -0.1) is 0 Å². The van der Waals surface area contributed by atoms with Crippen molar-refractivity contribution in [3.8, 4) is 0 Å². The number of rotatable bonds is 4. The average Bonchev–Trinajstić information content (AvgIpc) is 2.62. The minimum Gasteiger partial charge on any atom is -0.378 e. The zero-order valence-corrected chi connectivity index (χ0v) is 14.5. The van der Waals surface area contributed by atoms with Gasteiger partial charge in [-0.1, -0.05) is 0 Å². The SMILES string of the molecule is CN(C)CC(=O)N1CCN(c2cc(N3CCOCC3)ncn2)CC1. The maximum Gasteiger partial charge on any atom is 0.236 e. The molecule has 8 nitrogen and oxygen atoms in total. The molecule has 1 aromatic rings. The van der Waals surface area contributed by atoms with Crippen molar-refractivity contribution in [1.29, 1.82) is 0 Å². The first kappa shape index (κ1) is 16.9. The Morgan fingerprint density at radius 2 is 1.62 bits per heavy atom. The first-order valence-electron chi connectivity index (χ1n) is 8.45. The van der Waals surface area contributed by atoms with Crippen molar-refractivity contribution >= 4 is 17.5 Å². The van der Waals surface area contributed by atoms with E-state index in [1.54, 1.807) is 6.33 Å². The number of hydrogen-bond acceptors (Lipinski definition) is 7. The number of piperazine rings is 1. The first-order valence-corrected chi connectivity index (χ1v) is 8.45. The Bertz CT molecular complexity index is 553. The van der Waals surface area contributed by atoms with E-state index in [1.807, 2.05) is 30.0 Å². The maximum atomic E-state index is 12.1. The molecule has 8 heteroatoms.